The van der Waals surface area contributed by atoms with Crippen LogP contribution in [-0.2, 0) is 33.3 Å². The van der Waals surface area contributed by atoms with Crippen LogP contribution < -0.4 is 0 Å². The summed E-state index contributed by atoms with van der Waals surface area (Å²) in [6, 6.07) is 0. The second kappa shape index (κ2) is 5.47. The standard InChI is InChI=1S/C16H22O9/c1-7(17)10(23-8(2)18)5-11-14(3,4)25-16-12(9(19)6-22-16)24-13(20)15(11,16)21/h9-12,19,21H,5-6H2,1-4H3/t9-,10-,11-,12+,15+,16+/m0/s1. The maximum absolute atomic E-state index is 12.5. The maximum Gasteiger partial charge on any atom is 0.345 e. The summed E-state index contributed by atoms with van der Waals surface area (Å²) >= 11 is 0. The van der Waals surface area contributed by atoms with Crippen LogP contribution in [0.5, 0.6) is 0 Å². The molecule has 3 saturated heterocycles. The van der Waals surface area contributed by atoms with E-state index < -0.39 is 58.9 Å². The van der Waals surface area contributed by atoms with Crippen molar-refractivity contribution in [3.63, 3.8) is 0 Å². The Morgan fingerprint density at radius 2 is 2.00 bits per heavy atom. The number of hydrogen-bond donors (Lipinski definition) is 2. The first-order chi connectivity index (χ1) is 11.5. The van der Waals surface area contributed by atoms with Crippen LogP contribution in [0.4, 0.5) is 0 Å². The van der Waals surface area contributed by atoms with E-state index in [-0.39, 0.29) is 13.0 Å². The molecule has 3 aliphatic rings. The van der Waals surface area contributed by atoms with E-state index in [1.54, 1.807) is 13.8 Å². The van der Waals surface area contributed by atoms with Gasteiger partial charge in [0.2, 0.25) is 5.60 Å². The third-order valence-electron chi connectivity index (χ3n) is 5.24. The molecule has 9 nitrogen and oxygen atoms in total. The highest BCUT2D eigenvalue weighted by Gasteiger charge is 2.83. The minimum Gasteiger partial charge on any atom is -0.455 e. The summed E-state index contributed by atoms with van der Waals surface area (Å²) in [6.07, 6.45) is -3.60. The smallest absolute Gasteiger partial charge is 0.345 e. The monoisotopic (exact) mass is 358 g/mol. The van der Waals surface area contributed by atoms with E-state index in [4.69, 9.17) is 18.9 Å². The molecule has 0 aliphatic carbocycles. The molecule has 3 fully saturated rings. The molecular weight excluding hydrogens is 336 g/mol. The number of aliphatic hydroxyl groups excluding tert-OH is 1. The van der Waals surface area contributed by atoms with Crippen LogP contribution in [0.1, 0.15) is 34.1 Å². The Bertz CT molecular complexity index is 629. The molecule has 0 aromatic carbocycles. The lowest BCUT2D eigenvalue weighted by Gasteiger charge is -2.33. The van der Waals surface area contributed by atoms with Crippen LogP contribution in [0.25, 0.3) is 0 Å². The molecule has 9 heteroatoms. The van der Waals surface area contributed by atoms with E-state index in [0.29, 0.717) is 0 Å². The number of aliphatic hydroxyl groups is 2. The summed E-state index contributed by atoms with van der Waals surface area (Å²) < 4.78 is 21.6. The van der Waals surface area contributed by atoms with E-state index in [0.717, 1.165) is 0 Å². The molecule has 3 heterocycles. The first kappa shape index (κ1) is 18.2. The fraction of sp³-hybridized carbons (Fsp3) is 0.812. The van der Waals surface area contributed by atoms with Gasteiger partial charge in [0.05, 0.1) is 12.2 Å². The van der Waals surface area contributed by atoms with Crippen molar-refractivity contribution in [2.45, 2.75) is 69.4 Å². The van der Waals surface area contributed by atoms with E-state index in [2.05, 4.69) is 0 Å². The van der Waals surface area contributed by atoms with Gasteiger partial charge in [-0.3, -0.25) is 9.59 Å². The Morgan fingerprint density at radius 1 is 1.36 bits per heavy atom. The van der Waals surface area contributed by atoms with E-state index in [9.17, 15) is 24.6 Å². The number of carbonyl (C=O) groups is 3. The third-order valence-corrected chi connectivity index (χ3v) is 5.24. The molecule has 25 heavy (non-hydrogen) atoms. The van der Waals surface area contributed by atoms with Gasteiger partial charge in [-0.25, -0.2) is 4.79 Å². The number of ketones is 1. The average molecular weight is 358 g/mol. The lowest BCUT2D eigenvalue weighted by atomic mass is 9.73. The summed E-state index contributed by atoms with van der Waals surface area (Å²) in [5.41, 5.74) is -3.34. The molecule has 1 spiro atoms. The van der Waals surface area contributed by atoms with Gasteiger partial charge in [0.1, 0.15) is 6.10 Å². The van der Waals surface area contributed by atoms with E-state index in [1.807, 2.05) is 0 Å². The predicted molar refractivity (Wildman–Crippen MR) is 79.0 cm³/mol. The highest BCUT2D eigenvalue weighted by molar-refractivity contribution is 5.86. The second-order valence-corrected chi connectivity index (χ2v) is 7.34. The summed E-state index contributed by atoms with van der Waals surface area (Å²) in [5.74, 6) is -4.88. The third kappa shape index (κ3) is 2.33. The highest BCUT2D eigenvalue weighted by Crippen LogP contribution is 2.60. The first-order valence-electron chi connectivity index (χ1n) is 8.09. The normalized spacial score (nSPS) is 42.5. The second-order valence-electron chi connectivity index (χ2n) is 7.34. The van der Waals surface area contributed by atoms with Gasteiger partial charge in [-0.05, 0) is 20.8 Å². The van der Waals surface area contributed by atoms with Crippen molar-refractivity contribution in [2.24, 2.45) is 5.92 Å². The zero-order chi connectivity index (χ0) is 18.8. The number of Topliss-reactive ketones (excluding diaryl/α,β-unsaturated/α-hetero) is 1. The molecule has 0 aromatic heterocycles. The molecule has 3 rings (SSSR count). The van der Waals surface area contributed by atoms with Gasteiger partial charge in [0.15, 0.2) is 18.0 Å². The largest absolute Gasteiger partial charge is 0.455 e. The van der Waals surface area contributed by atoms with Crippen molar-refractivity contribution >= 4 is 17.7 Å². The van der Waals surface area contributed by atoms with E-state index >= 15 is 0 Å². The minimum atomic E-state index is -2.23. The van der Waals surface area contributed by atoms with Crippen LogP contribution >= 0.6 is 0 Å². The molecule has 0 aromatic rings. The van der Waals surface area contributed by atoms with Gasteiger partial charge in [-0.2, -0.15) is 0 Å². The van der Waals surface area contributed by atoms with Crippen LogP contribution in [0.15, 0.2) is 0 Å². The highest BCUT2D eigenvalue weighted by atomic mass is 16.8. The Kier molecular flexibility index (Phi) is 3.99. The van der Waals surface area contributed by atoms with Crippen LogP contribution in [0.2, 0.25) is 0 Å². The number of esters is 2. The maximum atomic E-state index is 12.5. The number of ether oxygens (including phenoxy) is 4. The Hall–Kier alpha value is -1.55. The SMILES string of the molecule is CC(=O)O[C@@H](C[C@H]1C(C)(C)O[C@]23OC[C@H](O)[C@H]2OC(=O)[C@]13O)C(C)=O. The molecule has 0 saturated carbocycles. The van der Waals surface area contributed by atoms with Crippen molar-refractivity contribution in [3.8, 4) is 0 Å². The quantitative estimate of drug-likeness (QED) is 0.612. The zero-order valence-electron chi connectivity index (χ0n) is 14.5. The molecule has 0 bridgehead atoms. The molecule has 2 N–H and O–H groups in total. The first-order valence-corrected chi connectivity index (χ1v) is 8.09. The zero-order valence-corrected chi connectivity index (χ0v) is 14.5. The topological polar surface area (TPSA) is 129 Å². The Morgan fingerprint density at radius 3 is 2.56 bits per heavy atom. The van der Waals surface area contributed by atoms with Gasteiger partial charge in [-0.15, -0.1) is 0 Å². The van der Waals surface area contributed by atoms with Crippen molar-refractivity contribution in [1.29, 1.82) is 0 Å². The molecule has 6 atom stereocenters. The van der Waals surface area contributed by atoms with Gasteiger partial charge in [-0.1, -0.05) is 0 Å². The lowest BCUT2D eigenvalue weighted by Crippen LogP contribution is -2.58. The molecular formula is C16H22O9. The Labute approximate surface area is 144 Å². The summed E-state index contributed by atoms with van der Waals surface area (Å²) in [5, 5.41) is 21.3. The number of hydrogen-bond acceptors (Lipinski definition) is 9. The summed E-state index contributed by atoms with van der Waals surface area (Å²) in [6.45, 7) is 5.52. The Balaban J connectivity index is 2.00. The van der Waals surface area contributed by atoms with Crippen LogP contribution in [0, 0.1) is 5.92 Å². The predicted octanol–water partition coefficient (Wildman–Crippen LogP) is -0.934. The van der Waals surface area contributed by atoms with Crippen molar-refractivity contribution in [2.75, 3.05) is 6.61 Å². The van der Waals surface area contributed by atoms with Crippen LogP contribution in [-0.4, -0.2) is 69.8 Å². The summed E-state index contributed by atoms with van der Waals surface area (Å²) in [4.78, 5) is 35.6. The number of rotatable bonds is 4. The molecule has 0 unspecified atom stereocenters. The minimum absolute atomic E-state index is 0.151. The van der Waals surface area contributed by atoms with Crippen molar-refractivity contribution in [1.82, 2.24) is 0 Å². The van der Waals surface area contributed by atoms with Gasteiger partial charge < -0.3 is 29.2 Å². The summed E-state index contributed by atoms with van der Waals surface area (Å²) in [7, 11) is 0. The average Bonchev–Trinajstić information content (AvgIpc) is 2.95. The fourth-order valence-electron chi connectivity index (χ4n) is 4.14. The molecule has 0 amide bonds. The lowest BCUT2D eigenvalue weighted by molar-refractivity contribution is -0.271. The van der Waals surface area contributed by atoms with Gasteiger partial charge in [0.25, 0.3) is 5.79 Å². The molecule has 0 radical (unpaired) electrons. The molecule has 140 valence electrons. The fourth-order valence-corrected chi connectivity index (χ4v) is 4.14. The molecule has 3 aliphatic heterocycles. The number of carbonyl (C=O) groups excluding carboxylic acids is 3. The van der Waals surface area contributed by atoms with Gasteiger partial charge >= 0.3 is 11.9 Å². The van der Waals surface area contributed by atoms with Crippen molar-refractivity contribution < 1.29 is 43.5 Å². The van der Waals surface area contributed by atoms with E-state index in [1.165, 1.54) is 13.8 Å². The van der Waals surface area contributed by atoms with Crippen molar-refractivity contribution in [3.05, 3.63) is 0 Å². The van der Waals surface area contributed by atoms with Crippen LogP contribution in [0.3, 0.4) is 0 Å². The van der Waals surface area contributed by atoms with Gasteiger partial charge in [0, 0.05) is 19.3 Å².